The monoisotopic (exact) mass is 345 g/mol. The first kappa shape index (κ1) is 15.3. The first-order chi connectivity index (χ1) is 11.1. The van der Waals surface area contributed by atoms with Crippen LogP contribution < -0.4 is 16.7 Å². The number of aromatic nitrogens is 3. The number of rotatable bonds is 4. The van der Waals surface area contributed by atoms with Crippen molar-refractivity contribution < 1.29 is 0 Å². The quantitative estimate of drug-likeness (QED) is 0.710. The molecule has 0 saturated heterocycles. The molecule has 8 heteroatoms. The highest BCUT2D eigenvalue weighted by Gasteiger charge is 2.08. The highest BCUT2D eigenvalue weighted by atomic mass is 35.5. The van der Waals surface area contributed by atoms with E-state index in [-0.39, 0.29) is 11.6 Å². The van der Waals surface area contributed by atoms with E-state index in [1.165, 1.54) is 0 Å². The summed E-state index contributed by atoms with van der Waals surface area (Å²) in [7, 11) is 0. The van der Waals surface area contributed by atoms with Gasteiger partial charge in [0.15, 0.2) is 5.69 Å². The maximum Gasteiger partial charge on any atom is 0.299 e. The molecule has 0 spiro atoms. The van der Waals surface area contributed by atoms with Gasteiger partial charge in [-0.1, -0.05) is 23.7 Å². The number of nitrogens with one attached hydrogen (secondary N) is 1. The molecular weight excluding hydrogens is 334 g/mol. The molecule has 0 aliphatic rings. The van der Waals surface area contributed by atoms with Gasteiger partial charge in [0.25, 0.3) is 5.56 Å². The SMILES string of the molecule is Nn1c(Nc2cccc(Cl)c2)nnc(/C=C/c2cccs2)c1=O. The maximum atomic E-state index is 12.2. The summed E-state index contributed by atoms with van der Waals surface area (Å²) < 4.78 is 0.919. The molecule has 3 rings (SSSR count). The van der Waals surface area contributed by atoms with Crippen LogP contribution in [0.3, 0.4) is 0 Å². The third kappa shape index (κ3) is 3.58. The normalized spacial score (nSPS) is 11.0. The summed E-state index contributed by atoms with van der Waals surface area (Å²) in [5, 5.41) is 13.3. The first-order valence-corrected chi connectivity index (χ1v) is 7.88. The van der Waals surface area contributed by atoms with Crippen LogP contribution >= 0.6 is 22.9 Å². The summed E-state index contributed by atoms with van der Waals surface area (Å²) >= 11 is 7.47. The molecular formula is C15H12ClN5OS. The summed E-state index contributed by atoms with van der Waals surface area (Å²) in [5.74, 6) is 5.92. The van der Waals surface area contributed by atoms with E-state index >= 15 is 0 Å². The number of hydrogen-bond donors (Lipinski definition) is 2. The average Bonchev–Trinajstić information content (AvgIpc) is 3.05. The van der Waals surface area contributed by atoms with E-state index in [1.54, 1.807) is 47.8 Å². The van der Waals surface area contributed by atoms with Gasteiger partial charge in [-0.05, 0) is 41.8 Å². The minimum absolute atomic E-state index is 0.130. The van der Waals surface area contributed by atoms with Crippen molar-refractivity contribution in [3.8, 4) is 0 Å². The van der Waals surface area contributed by atoms with E-state index in [9.17, 15) is 4.79 Å². The number of hydrogen-bond acceptors (Lipinski definition) is 6. The molecule has 0 aliphatic heterocycles. The largest absolute Gasteiger partial charge is 0.333 e. The zero-order chi connectivity index (χ0) is 16.2. The van der Waals surface area contributed by atoms with E-state index in [4.69, 9.17) is 17.4 Å². The molecule has 3 aromatic rings. The molecule has 0 bridgehead atoms. The minimum atomic E-state index is -0.447. The van der Waals surface area contributed by atoms with Crippen molar-refractivity contribution in [3.63, 3.8) is 0 Å². The molecule has 0 fully saturated rings. The zero-order valence-corrected chi connectivity index (χ0v) is 13.4. The van der Waals surface area contributed by atoms with Crippen LogP contribution in [0.4, 0.5) is 11.6 Å². The molecule has 0 aliphatic carbocycles. The fourth-order valence-corrected chi connectivity index (χ4v) is 2.65. The number of nitrogens with zero attached hydrogens (tertiary/aromatic N) is 3. The fraction of sp³-hybridized carbons (Fsp3) is 0. The average molecular weight is 346 g/mol. The van der Waals surface area contributed by atoms with Crippen molar-refractivity contribution in [2.45, 2.75) is 0 Å². The van der Waals surface area contributed by atoms with Gasteiger partial charge in [-0.15, -0.1) is 21.5 Å². The van der Waals surface area contributed by atoms with Crippen LogP contribution in [0.5, 0.6) is 0 Å². The summed E-state index contributed by atoms with van der Waals surface area (Å²) in [4.78, 5) is 13.2. The Labute approximate surface area is 140 Å². The lowest BCUT2D eigenvalue weighted by Gasteiger charge is -2.09. The zero-order valence-electron chi connectivity index (χ0n) is 11.8. The molecule has 0 unspecified atom stereocenters. The Kier molecular flexibility index (Phi) is 4.40. The molecule has 2 aromatic heterocycles. The van der Waals surface area contributed by atoms with Crippen molar-refractivity contribution in [1.29, 1.82) is 0 Å². The molecule has 2 heterocycles. The topological polar surface area (TPSA) is 85.8 Å². The fourth-order valence-electron chi connectivity index (χ4n) is 1.84. The van der Waals surface area contributed by atoms with Gasteiger partial charge in [-0.25, -0.2) is 0 Å². The predicted molar refractivity (Wildman–Crippen MR) is 94.4 cm³/mol. The molecule has 3 N–H and O–H groups in total. The van der Waals surface area contributed by atoms with Gasteiger partial charge in [0, 0.05) is 15.6 Å². The van der Waals surface area contributed by atoms with Crippen LogP contribution in [0.15, 0.2) is 46.6 Å². The van der Waals surface area contributed by atoms with Crippen LogP contribution in [0.25, 0.3) is 12.2 Å². The number of nitrogens with two attached hydrogens (primary N) is 1. The van der Waals surface area contributed by atoms with Gasteiger partial charge in [0.2, 0.25) is 5.95 Å². The molecule has 6 nitrogen and oxygen atoms in total. The van der Waals surface area contributed by atoms with Crippen LogP contribution in [-0.4, -0.2) is 14.9 Å². The highest BCUT2D eigenvalue weighted by Crippen LogP contribution is 2.17. The molecule has 116 valence electrons. The lowest BCUT2D eigenvalue weighted by atomic mass is 10.3. The van der Waals surface area contributed by atoms with Crippen LogP contribution in [0.2, 0.25) is 5.02 Å². The van der Waals surface area contributed by atoms with E-state index in [2.05, 4.69) is 15.5 Å². The summed E-state index contributed by atoms with van der Waals surface area (Å²) in [6.07, 6.45) is 3.38. The highest BCUT2D eigenvalue weighted by molar-refractivity contribution is 7.10. The van der Waals surface area contributed by atoms with Crippen molar-refractivity contribution in [3.05, 3.63) is 67.7 Å². The van der Waals surface area contributed by atoms with E-state index in [0.717, 1.165) is 9.55 Å². The number of thiophene rings is 1. The van der Waals surface area contributed by atoms with Gasteiger partial charge in [0.1, 0.15) is 0 Å². The molecule has 0 atom stereocenters. The number of anilines is 2. The number of benzene rings is 1. The van der Waals surface area contributed by atoms with Gasteiger partial charge < -0.3 is 11.2 Å². The Hall–Kier alpha value is -2.64. The van der Waals surface area contributed by atoms with E-state index in [0.29, 0.717) is 10.7 Å². The molecule has 0 saturated carbocycles. The van der Waals surface area contributed by atoms with Gasteiger partial charge in [-0.3, -0.25) is 4.79 Å². The Morgan fingerprint density at radius 3 is 2.83 bits per heavy atom. The first-order valence-electron chi connectivity index (χ1n) is 6.62. The second-order valence-corrected chi connectivity index (χ2v) is 5.98. The second kappa shape index (κ2) is 6.64. The molecule has 0 amide bonds. The van der Waals surface area contributed by atoms with Crippen molar-refractivity contribution >= 4 is 46.7 Å². The van der Waals surface area contributed by atoms with Crippen molar-refractivity contribution in [2.75, 3.05) is 11.2 Å². The molecule has 23 heavy (non-hydrogen) atoms. The van der Waals surface area contributed by atoms with Gasteiger partial charge in [-0.2, -0.15) is 4.68 Å². The van der Waals surface area contributed by atoms with Crippen molar-refractivity contribution in [1.82, 2.24) is 14.9 Å². The summed E-state index contributed by atoms with van der Waals surface area (Å²) in [5.41, 5.74) is 0.377. The Bertz CT molecular complexity index is 904. The third-order valence-corrected chi connectivity index (χ3v) is 4.02. The Balaban J connectivity index is 1.87. The van der Waals surface area contributed by atoms with Gasteiger partial charge in [0.05, 0.1) is 0 Å². The van der Waals surface area contributed by atoms with Crippen LogP contribution in [0.1, 0.15) is 10.6 Å². The van der Waals surface area contributed by atoms with E-state index < -0.39 is 5.56 Å². The second-order valence-electron chi connectivity index (χ2n) is 4.57. The molecule has 1 aromatic carbocycles. The smallest absolute Gasteiger partial charge is 0.299 e. The lowest BCUT2D eigenvalue weighted by molar-refractivity contribution is 0.828. The number of nitrogen functional groups attached to an aromatic ring is 1. The van der Waals surface area contributed by atoms with Gasteiger partial charge >= 0.3 is 0 Å². The van der Waals surface area contributed by atoms with E-state index in [1.807, 2.05) is 17.5 Å². The lowest BCUT2D eigenvalue weighted by Crippen LogP contribution is -2.32. The Morgan fingerprint density at radius 1 is 1.22 bits per heavy atom. The summed E-state index contributed by atoms with van der Waals surface area (Å²) in [6.45, 7) is 0. The Morgan fingerprint density at radius 2 is 2.09 bits per heavy atom. The standard InChI is InChI=1S/C15H12ClN5OS/c16-10-3-1-4-11(9-10)18-15-20-19-13(14(22)21(15)17)7-6-12-5-2-8-23-12/h1-9H,17H2,(H,18,20)/b7-6+. The van der Waals surface area contributed by atoms with Crippen molar-refractivity contribution in [2.24, 2.45) is 0 Å². The number of halogens is 1. The van der Waals surface area contributed by atoms with Crippen LogP contribution in [0, 0.1) is 0 Å². The third-order valence-electron chi connectivity index (χ3n) is 2.95. The summed E-state index contributed by atoms with van der Waals surface area (Å²) in [6, 6.07) is 10.8. The maximum absolute atomic E-state index is 12.2. The van der Waals surface area contributed by atoms with Crippen LogP contribution in [-0.2, 0) is 0 Å². The minimum Gasteiger partial charge on any atom is -0.333 e. The molecule has 0 radical (unpaired) electrons. The predicted octanol–water partition coefficient (Wildman–Crippen LogP) is 2.98.